The molecule has 0 saturated carbocycles. The highest BCUT2D eigenvalue weighted by Crippen LogP contribution is 2.62. The number of anilines is 1. The summed E-state index contributed by atoms with van der Waals surface area (Å²) in [5, 5.41) is 3.04. The van der Waals surface area contributed by atoms with Gasteiger partial charge in [-0.2, -0.15) is 0 Å². The Morgan fingerprint density at radius 1 is 0.930 bits per heavy atom. The minimum Gasteiger partial charge on any atom is -0.490 e. The van der Waals surface area contributed by atoms with Crippen LogP contribution in [-0.4, -0.2) is 35.0 Å². The lowest BCUT2D eigenvalue weighted by atomic mass is 9.62. The number of carbonyl (C=O) groups excluding carboxylic acids is 3. The third-order valence-electron chi connectivity index (χ3n) is 8.74. The van der Waals surface area contributed by atoms with Crippen molar-refractivity contribution >= 4 is 29.2 Å². The molecule has 6 nitrogen and oxygen atoms in total. The van der Waals surface area contributed by atoms with Gasteiger partial charge in [0.1, 0.15) is 29.6 Å². The number of hydrogen-bond donors (Lipinski definition) is 1. The van der Waals surface area contributed by atoms with Crippen LogP contribution in [0, 0.1) is 11.7 Å². The second-order valence-electron chi connectivity index (χ2n) is 10.9. The number of halogens is 1. The number of amides is 1. The standard InChI is InChI=1S/C36H27FN2O4/c1-2-20-43-26-10-7-9-24(21-26)32(40)30-31(33(41)23-14-16-25(37)17-15-23)39-19-18-22-8-3-4-11-27(22)34(39)36(30)28-12-5-6-13-29(28)38-35(36)42/h2-19,21,30-31,34H,1,20H2,(H,38,42)/t30-,31+,34+,36-/m0/s1. The first-order valence-corrected chi connectivity index (χ1v) is 14.1. The van der Waals surface area contributed by atoms with Crippen molar-refractivity contribution in [3.8, 4) is 5.75 Å². The van der Waals surface area contributed by atoms with Crippen LogP contribution in [-0.2, 0) is 10.2 Å². The van der Waals surface area contributed by atoms with E-state index in [1.807, 2.05) is 65.7 Å². The number of para-hydroxylation sites is 1. The summed E-state index contributed by atoms with van der Waals surface area (Å²) in [6, 6.07) is 25.4. The first-order chi connectivity index (χ1) is 20.9. The van der Waals surface area contributed by atoms with Gasteiger partial charge in [-0.05, 0) is 65.2 Å². The number of fused-ring (bicyclic) bond motifs is 6. The van der Waals surface area contributed by atoms with Crippen molar-refractivity contribution in [3.63, 3.8) is 0 Å². The van der Waals surface area contributed by atoms with Gasteiger partial charge < -0.3 is 15.0 Å². The minimum atomic E-state index is -1.45. The second-order valence-corrected chi connectivity index (χ2v) is 10.9. The van der Waals surface area contributed by atoms with Gasteiger partial charge in [0.2, 0.25) is 5.91 Å². The smallest absolute Gasteiger partial charge is 0.238 e. The number of Topliss-reactive ketones (excluding diaryl/α,β-unsaturated/α-hetero) is 2. The van der Waals surface area contributed by atoms with E-state index in [0.717, 1.165) is 11.1 Å². The van der Waals surface area contributed by atoms with Crippen molar-refractivity contribution in [1.29, 1.82) is 0 Å². The first-order valence-electron chi connectivity index (χ1n) is 14.1. The average molecular weight is 571 g/mol. The molecule has 43 heavy (non-hydrogen) atoms. The van der Waals surface area contributed by atoms with Crippen molar-refractivity contribution in [2.45, 2.75) is 17.5 Å². The van der Waals surface area contributed by atoms with E-state index >= 15 is 0 Å². The normalized spacial score (nSPS) is 22.9. The summed E-state index contributed by atoms with van der Waals surface area (Å²) in [5.41, 5.74) is 2.13. The fraction of sp³-hybridized carbons (Fsp3) is 0.139. The molecule has 1 N–H and O–H groups in total. The molecule has 7 heteroatoms. The van der Waals surface area contributed by atoms with Gasteiger partial charge in [-0.15, -0.1) is 0 Å². The summed E-state index contributed by atoms with van der Waals surface area (Å²) < 4.78 is 19.6. The predicted octanol–water partition coefficient (Wildman–Crippen LogP) is 6.37. The number of hydrogen-bond acceptors (Lipinski definition) is 5. The molecular weight excluding hydrogens is 543 g/mol. The molecule has 1 saturated heterocycles. The van der Waals surface area contributed by atoms with Gasteiger partial charge in [0.15, 0.2) is 11.6 Å². The molecule has 1 spiro atoms. The van der Waals surface area contributed by atoms with Crippen LogP contribution in [0.15, 0.2) is 116 Å². The number of ether oxygens (including phenoxy) is 1. The van der Waals surface area contributed by atoms with Gasteiger partial charge in [-0.3, -0.25) is 14.4 Å². The molecule has 3 aliphatic rings. The van der Waals surface area contributed by atoms with Crippen molar-refractivity contribution in [3.05, 3.63) is 150 Å². The summed E-state index contributed by atoms with van der Waals surface area (Å²) >= 11 is 0. The number of nitrogens with one attached hydrogen (secondary N) is 1. The zero-order valence-electron chi connectivity index (χ0n) is 23.1. The molecule has 1 amide bonds. The maximum atomic E-state index is 14.9. The van der Waals surface area contributed by atoms with E-state index < -0.39 is 29.2 Å². The van der Waals surface area contributed by atoms with E-state index in [4.69, 9.17) is 4.74 Å². The quantitative estimate of drug-likeness (QED) is 0.206. The topological polar surface area (TPSA) is 75.7 Å². The van der Waals surface area contributed by atoms with E-state index in [2.05, 4.69) is 11.9 Å². The molecule has 0 aromatic heterocycles. The van der Waals surface area contributed by atoms with Crippen LogP contribution in [0.2, 0.25) is 0 Å². The molecule has 0 aliphatic carbocycles. The number of rotatable bonds is 7. The molecule has 4 aromatic carbocycles. The summed E-state index contributed by atoms with van der Waals surface area (Å²) in [6.07, 6.45) is 5.32. The first kappa shape index (κ1) is 26.6. The van der Waals surface area contributed by atoms with Gasteiger partial charge in [-0.1, -0.05) is 67.3 Å². The van der Waals surface area contributed by atoms with Crippen molar-refractivity contribution < 1.29 is 23.5 Å². The van der Waals surface area contributed by atoms with Crippen LogP contribution in [0.3, 0.4) is 0 Å². The maximum absolute atomic E-state index is 14.9. The Hall–Kier alpha value is -5.30. The van der Waals surface area contributed by atoms with Gasteiger partial charge >= 0.3 is 0 Å². The van der Waals surface area contributed by atoms with E-state index in [1.165, 1.54) is 24.3 Å². The molecule has 7 rings (SSSR count). The van der Waals surface area contributed by atoms with Crippen LogP contribution in [0.25, 0.3) is 6.08 Å². The summed E-state index contributed by atoms with van der Waals surface area (Å²) in [4.78, 5) is 45.8. The summed E-state index contributed by atoms with van der Waals surface area (Å²) in [7, 11) is 0. The van der Waals surface area contributed by atoms with Crippen LogP contribution in [0.4, 0.5) is 10.1 Å². The zero-order chi connectivity index (χ0) is 29.7. The van der Waals surface area contributed by atoms with Gasteiger partial charge in [0.25, 0.3) is 0 Å². The van der Waals surface area contributed by atoms with Crippen LogP contribution in [0.1, 0.15) is 43.4 Å². The van der Waals surface area contributed by atoms with E-state index in [1.54, 1.807) is 30.3 Å². The van der Waals surface area contributed by atoms with Gasteiger partial charge in [-0.25, -0.2) is 4.39 Å². The molecule has 4 aromatic rings. The van der Waals surface area contributed by atoms with Crippen LogP contribution < -0.4 is 10.1 Å². The number of carbonyl (C=O) groups is 3. The Balaban J connectivity index is 1.50. The Bertz CT molecular complexity index is 1830. The van der Waals surface area contributed by atoms with Crippen molar-refractivity contribution in [2.24, 2.45) is 5.92 Å². The SMILES string of the molecule is C=CCOc1cccc(C(=O)[C@@H]2[C@H](C(=O)c3ccc(F)cc3)N3C=Cc4ccccc4[C@@H]3[C@@]23C(=O)Nc2ccccc23)c1. The molecule has 3 aliphatic heterocycles. The summed E-state index contributed by atoms with van der Waals surface area (Å²) in [6.45, 7) is 3.94. The van der Waals surface area contributed by atoms with Crippen LogP contribution >= 0.6 is 0 Å². The molecule has 0 radical (unpaired) electrons. The Morgan fingerprint density at radius 2 is 1.70 bits per heavy atom. The Morgan fingerprint density at radius 3 is 2.51 bits per heavy atom. The highest BCUT2D eigenvalue weighted by Gasteiger charge is 2.70. The van der Waals surface area contributed by atoms with Crippen molar-refractivity contribution in [1.82, 2.24) is 4.90 Å². The number of ketones is 2. The number of nitrogens with zero attached hydrogens (tertiary/aromatic N) is 1. The molecule has 3 heterocycles. The molecule has 0 unspecified atom stereocenters. The monoisotopic (exact) mass is 570 g/mol. The zero-order valence-corrected chi connectivity index (χ0v) is 23.1. The highest BCUT2D eigenvalue weighted by atomic mass is 19.1. The Labute approximate surface area is 248 Å². The lowest BCUT2D eigenvalue weighted by Crippen LogP contribution is -2.49. The van der Waals surface area contributed by atoms with Gasteiger partial charge in [0, 0.05) is 23.0 Å². The number of benzene rings is 4. The van der Waals surface area contributed by atoms with E-state index in [0.29, 0.717) is 22.6 Å². The fourth-order valence-electron chi connectivity index (χ4n) is 7.03. The Kier molecular flexibility index (Phi) is 6.31. The molecule has 0 bridgehead atoms. The lowest BCUT2D eigenvalue weighted by Gasteiger charge is -2.38. The van der Waals surface area contributed by atoms with E-state index in [-0.39, 0.29) is 29.6 Å². The molecule has 4 atom stereocenters. The lowest BCUT2D eigenvalue weighted by molar-refractivity contribution is -0.122. The molecular formula is C36H27FN2O4. The molecule has 212 valence electrons. The van der Waals surface area contributed by atoms with Crippen LogP contribution in [0.5, 0.6) is 5.75 Å². The predicted molar refractivity (Wildman–Crippen MR) is 161 cm³/mol. The highest BCUT2D eigenvalue weighted by molar-refractivity contribution is 6.16. The average Bonchev–Trinajstić information content (AvgIpc) is 3.52. The largest absolute Gasteiger partial charge is 0.490 e. The van der Waals surface area contributed by atoms with E-state index in [9.17, 15) is 18.8 Å². The second kappa shape index (κ2) is 10.2. The minimum absolute atomic E-state index is 0.252. The fourth-order valence-corrected chi connectivity index (χ4v) is 7.03. The van der Waals surface area contributed by atoms with Crippen molar-refractivity contribution in [2.75, 3.05) is 11.9 Å². The summed E-state index contributed by atoms with van der Waals surface area (Å²) in [5.74, 6) is -2.22. The van der Waals surface area contributed by atoms with Gasteiger partial charge in [0.05, 0.1) is 12.0 Å². The molecule has 1 fully saturated rings. The third-order valence-corrected chi connectivity index (χ3v) is 8.74. The third kappa shape index (κ3) is 3.96. The maximum Gasteiger partial charge on any atom is 0.238 e.